The second kappa shape index (κ2) is 9.00. The Morgan fingerprint density at radius 1 is 1.06 bits per heavy atom. The third kappa shape index (κ3) is 4.65. The van der Waals surface area contributed by atoms with Gasteiger partial charge >= 0.3 is 0 Å². The quantitative estimate of drug-likeness (QED) is 0.324. The van der Waals surface area contributed by atoms with E-state index in [1.165, 1.54) is 0 Å². The Bertz CT molecular complexity index is 1370. The van der Waals surface area contributed by atoms with Crippen molar-refractivity contribution in [2.75, 3.05) is 10.6 Å². The molecule has 168 valence electrons. The summed E-state index contributed by atoms with van der Waals surface area (Å²) in [5, 5.41) is 8.24. The molecule has 1 saturated carbocycles. The lowest BCUT2D eigenvalue weighted by Crippen LogP contribution is -2.22. The van der Waals surface area contributed by atoms with Gasteiger partial charge < -0.3 is 15.2 Å². The van der Waals surface area contributed by atoms with Crippen molar-refractivity contribution in [1.29, 1.82) is 0 Å². The molecule has 0 bridgehead atoms. The smallest absolute Gasteiger partial charge is 0.253 e. The summed E-state index contributed by atoms with van der Waals surface area (Å²) >= 11 is 12.4. The fraction of sp³-hybridized carbons (Fsp3) is 0.250. The minimum atomic E-state index is -0.182. The van der Waals surface area contributed by atoms with Crippen molar-refractivity contribution in [3.8, 4) is 0 Å². The zero-order chi connectivity index (χ0) is 22.9. The molecule has 2 N–H and O–H groups in total. The fourth-order valence-corrected chi connectivity index (χ4v) is 4.15. The second-order valence-electron chi connectivity index (χ2n) is 8.24. The number of anilines is 3. The van der Waals surface area contributed by atoms with Crippen molar-refractivity contribution in [2.45, 2.75) is 32.4 Å². The minimum Gasteiger partial charge on any atom is -0.375 e. The van der Waals surface area contributed by atoms with Gasteiger partial charge in [-0.1, -0.05) is 23.2 Å². The molecule has 1 unspecified atom stereocenters. The number of nitrogens with one attached hydrogen (secondary N) is 2. The van der Waals surface area contributed by atoms with Crippen LogP contribution in [0.25, 0.3) is 10.9 Å². The maximum Gasteiger partial charge on any atom is 0.253 e. The molecule has 9 heteroatoms. The number of hydrogen-bond donors (Lipinski definition) is 2. The van der Waals surface area contributed by atoms with Crippen LogP contribution in [-0.2, 0) is 6.54 Å². The predicted octanol–water partition coefficient (Wildman–Crippen LogP) is 5.82. The van der Waals surface area contributed by atoms with Crippen LogP contribution in [0.5, 0.6) is 0 Å². The summed E-state index contributed by atoms with van der Waals surface area (Å²) in [4.78, 5) is 25.7. The molecule has 1 aliphatic carbocycles. The maximum absolute atomic E-state index is 13.0. The number of rotatable bonds is 7. The van der Waals surface area contributed by atoms with E-state index >= 15 is 0 Å². The van der Waals surface area contributed by atoms with Crippen LogP contribution in [0.4, 0.5) is 17.1 Å². The van der Waals surface area contributed by atoms with Crippen molar-refractivity contribution in [2.24, 2.45) is 5.92 Å². The van der Waals surface area contributed by atoms with E-state index in [4.69, 9.17) is 23.2 Å². The Balaban J connectivity index is 1.57. The van der Waals surface area contributed by atoms with Crippen LogP contribution in [0.15, 0.2) is 59.8 Å². The number of halogens is 2. The van der Waals surface area contributed by atoms with Crippen LogP contribution in [-0.4, -0.2) is 19.5 Å². The largest absolute Gasteiger partial charge is 0.375 e. The highest BCUT2D eigenvalue weighted by atomic mass is 35.5. The van der Waals surface area contributed by atoms with Gasteiger partial charge in [0.25, 0.3) is 5.56 Å². The molecule has 0 radical (unpaired) electrons. The lowest BCUT2D eigenvalue weighted by Gasteiger charge is -2.19. The average Bonchev–Trinajstić information content (AvgIpc) is 3.64. The summed E-state index contributed by atoms with van der Waals surface area (Å²) in [6, 6.07) is 10.9. The van der Waals surface area contributed by atoms with Crippen molar-refractivity contribution < 1.29 is 0 Å². The van der Waals surface area contributed by atoms with Gasteiger partial charge in [0.2, 0.25) is 0 Å². The molecule has 4 aromatic rings. The van der Waals surface area contributed by atoms with Crippen LogP contribution in [0.1, 0.15) is 31.6 Å². The Morgan fingerprint density at radius 2 is 1.85 bits per heavy atom. The van der Waals surface area contributed by atoms with Gasteiger partial charge in [0.1, 0.15) is 16.0 Å². The normalized spacial score (nSPS) is 14.3. The number of benzene rings is 1. The van der Waals surface area contributed by atoms with Crippen molar-refractivity contribution in [3.63, 3.8) is 0 Å². The molecule has 1 atom stereocenters. The first-order chi connectivity index (χ1) is 16.0. The van der Waals surface area contributed by atoms with E-state index < -0.39 is 0 Å². The molecule has 5 rings (SSSR count). The van der Waals surface area contributed by atoms with Crippen molar-refractivity contribution in [3.05, 3.63) is 81.3 Å². The molecule has 1 aliphatic rings. The molecule has 3 heterocycles. The second-order valence-corrected chi connectivity index (χ2v) is 8.98. The van der Waals surface area contributed by atoms with E-state index in [1.54, 1.807) is 36.8 Å². The van der Waals surface area contributed by atoms with Crippen molar-refractivity contribution in [1.82, 2.24) is 19.5 Å². The van der Waals surface area contributed by atoms with Crippen LogP contribution in [0, 0.1) is 5.92 Å². The standard InChI is InChI=1S/C24H22Cl2N6O/c1-14(24-28-8-2-9-29-24)30-19-12-21(33)32(13-15-3-4-15)20-6-5-16(11-17(19)20)31-18-7-10-27-23(26)22(18)25/h2,5-12,14-15,30H,3-4,13H2,1H3,(H,27,31). The lowest BCUT2D eigenvalue weighted by molar-refractivity contribution is 0.627. The molecule has 0 saturated heterocycles. The van der Waals surface area contributed by atoms with Gasteiger partial charge in [0.15, 0.2) is 0 Å². The van der Waals surface area contributed by atoms with Gasteiger partial charge in [-0.15, -0.1) is 0 Å². The molecular formula is C24H22Cl2N6O. The number of hydrogen-bond acceptors (Lipinski definition) is 6. The number of aromatic nitrogens is 4. The molecule has 3 aromatic heterocycles. The predicted molar refractivity (Wildman–Crippen MR) is 133 cm³/mol. The van der Waals surface area contributed by atoms with Crippen molar-refractivity contribution >= 4 is 51.2 Å². The summed E-state index contributed by atoms with van der Waals surface area (Å²) < 4.78 is 1.86. The van der Waals surface area contributed by atoms with Crippen LogP contribution < -0.4 is 16.2 Å². The highest BCUT2D eigenvalue weighted by Gasteiger charge is 2.24. The van der Waals surface area contributed by atoms with Gasteiger partial charge in [-0.2, -0.15) is 0 Å². The Labute approximate surface area is 200 Å². The molecule has 33 heavy (non-hydrogen) atoms. The number of pyridine rings is 2. The van der Waals surface area contributed by atoms with Gasteiger partial charge in [-0.05, 0) is 56.0 Å². The first kappa shape index (κ1) is 21.7. The van der Waals surface area contributed by atoms with E-state index in [0.717, 1.165) is 41.7 Å². The SMILES string of the molecule is CC(Nc1cc(=O)n(CC2CC2)c2ccc(Nc3ccnc(Cl)c3Cl)cc12)c1ncccn1. The maximum atomic E-state index is 13.0. The molecule has 0 amide bonds. The van der Waals surface area contributed by atoms with Gasteiger partial charge in [-0.3, -0.25) is 4.79 Å². The minimum absolute atomic E-state index is 0.0252. The average molecular weight is 481 g/mol. The first-order valence-corrected chi connectivity index (χ1v) is 11.5. The van der Waals surface area contributed by atoms with E-state index in [9.17, 15) is 4.79 Å². The molecule has 1 fully saturated rings. The Kier molecular flexibility index (Phi) is 5.91. The molecule has 0 spiro atoms. The lowest BCUT2D eigenvalue weighted by atomic mass is 10.1. The number of fused-ring (bicyclic) bond motifs is 1. The molecule has 1 aromatic carbocycles. The summed E-state index contributed by atoms with van der Waals surface area (Å²) in [6.45, 7) is 2.70. The third-order valence-corrected chi connectivity index (χ3v) is 6.49. The topological polar surface area (TPSA) is 84.7 Å². The molecular weight excluding hydrogens is 459 g/mol. The van der Waals surface area contributed by atoms with Gasteiger partial charge in [0.05, 0.1) is 17.2 Å². The number of nitrogens with zero attached hydrogens (tertiary/aromatic N) is 4. The zero-order valence-electron chi connectivity index (χ0n) is 17.9. The summed E-state index contributed by atoms with van der Waals surface area (Å²) in [5.41, 5.74) is 3.05. The summed E-state index contributed by atoms with van der Waals surface area (Å²) in [7, 11) is 0. The highest BCUT2D eigenvalue weighted by molar-refractivity contribution is 6.43. The van der Waals surface area contributed by atoms with E-state index in [0.29, 0.717) is 22.5 Å². The van der Waals surface area contributed by atoms with Gasteiger partial charge in [0, 0.05) is 48.0 Å². The fourth-order valence-electron chi connectivity index (χ4n) is 3.83. The van der Waals surface area contributed by atoms with Gasteiger partial charge in [-0.25, -0.2) is 15.0 Å². The van der Waals surface area contributed by atoms with E-state index in [1.807, 2.05) is 29.7 Å². The third-order valence-electron chi connectivity index (χ3n) is 5.72. The summed E-state index contributed by atoms with van der Waals surface area (Å²) in [6.07, 6.45) is 7.34. The molecule has 0 aliphatic heterocycles. The monoisotopic (exact) mass is 480 g/mol. The van der Waals surface area contributed by atoms with Crippen LogP contribution >= 0.6 is 23.2 Å². The highest BCUT2D eigenvalue weighted by Crippen LogP contribution is 2.35. The molecule has 7 nitrogen and oxygen atoms in total. The first-order valence-electron chi connectivity index (χ1n) is 10.8. The van der Waals surface area contributed by atoms with E-state index in [2.05, 4.69) is 25.6 Å². The van der Waals surface area contributed by atoms with E-state index in [-0.39, 0.29) is 16.8 Å². The Morgan fingerprint density at radius 3 is 2.61 bits per heavy atom. The summed E-state index contributed by atoms with van der Waals surface area (Å²) in [5.74, 6) is 1.22. The zero-order valence-corrected chi connectivity index (χ0v) is 19.4. The van der Waals surface area contributed by atoms with Crippen LogP contribution in [0.2, 0.25) is 10.2 Å². The Hall–Kier alpha value is -3.16. The van der Waals surface area contributed by atoms with Crippen LogP contribution in [0.3, 0.4) is 0 Å².